The van der Waals surface area contributed by atoms with Gasteiger partial charge in [-0.1, -0.05) is 5.16 Å². The summed E-state index contributed by atoms with van der Waals surface area (Å²) in [7, 11) is 0. The molecule has 2 aromatic heterocycles. The van der Waals surface area contributed by atoms with Crippen LogP contribution in [-0.2, 0) is 6.42 Å². The molecule has 5 heteroatoms. The van der Waals surface area contributed by atoms with Gasteiger partial charge in [0.1, 0.15) is 0 Å². The SMILES string of the molecule is c1cc2c(s1)CCCC2c1nc(C2CCNCC2)no1. The van der Waals surface area contributed by atoms with Crippen LogP contribution < -0.4 is 5.32 Å². The molecule has 1 aliphatic heterocycles. The van der Waals surface area contributed by atoms with Crippen LogP contribution in [0.25, 0.3) is 0 Å². The Morgan fingerprint density at radius 3 is 3.05 bits per heavy atom. The molecule has 0 radical (unpaired) electrons. The summed E-state index contributed by atoms with van der Waals surface area (Å²) in [6.45, 7) is 2.12. The van der Waals surface area contributed by atoms with Gasteiger partial charge in [0.05, 0.1) is 5.92 Å². The van der Waals surface area contributed by atoms with E-state index in [2.05, 4.69) is 21.9 Å². The minimum Gasteiger partial charge on any atom is -0.339 e. The zero-order valence-electron chi connectivity index (χ0n) is 11.5. The largest absolute Gasteiger partial charge is 0.339 e. The summed E-state index contributed by atoms with van der Waals surface area (Å²) in [6, 6.07) is 2.23. The second-order valence-electron chi connectivity index (χ2n) is 5.76. The molecule has 2 aliphatic rings. The minimum atomic E-state index is 0.327. The maximum atomic E-state index is 5.61. The highest BCUT2D eigenvalue weighted by Gasteiger charge is 2.29. The van der Waals surface area contributed by atoms with Crippen molar-refractivity contribution < 1.29 is 4.52 Å². The summed E-state index contributed by atoms with van der Waals surface area (Å²) >= 11 is 1.86. The molecule has 0 spiro atoms. The third-order valence-electron chi connectivity index (χ3n) is 4.51. The average Bonchev–Trinajstić information content (AvgIpc) is 3.17. The van der Waals surface area contributed by atoms with Gasteiger partial charge in [0.25, 0.3) is 0 Å². The summed E-state index contributed by atoms with van der Waals surface area (Å²) < 4.78 is 5.61. The zero-order valence-corrected chi connectivity index (χ0v) is 12.3. The fraction of sp³-hybridized carbons (Fsp3) is 0.600. The van der Waals surface area contributed by atoms with Crippen molar-refractivity contribution in [3.05, 3.63) is 33.6 Å². The Morgan fingerprint density at radius 1 is 1.25 bits per heavy atom. The van der Waals surface area contributed by atoms with E-state index in [-0.39, 0.29) is 0 Å². The topological polar surface area (TPSA) is 51.0 Å². The zero-order chi connectivity index (χ0) is 13.4. The fourth-order valence-electron chi connectivity index (χ4n) is 3.38. The number of rotatable bonds is 2. The molecule has 0 aromatic carbocycles. The van der Waals surface area contributed by atoms with E-state index in [4.69, 9.17) is 9.51 Å². The molecule has 1 saturated heterocycles. The van der Waals surface area contributed by atoms with Gasteiger partial charge in [-0.25, -0.2) is 0 Å². The molecule has 1 aliphatic carbocycles. The van der Waals surface area contributed by atoms with E-state index < -0.39 is 0 Å². The molecule has 4 rings (SSSR count). The number of nitrogens with one attached hydrogen (secondary N) is 1. The summed E-state index contributed by atoms with van der Waals surface area (Å²) in [4.78, 5) is 6.24. The number of hydrogen-bond donors (Lipinski definition) is 1. The van der Waals surface area contributed by atoms with Gasteiger partial charge in [-0.05, 0) is 62.2 Å². The molecule has 4 nitrogen and oxygen atoms in total. The van der Waals surface area contributed by atoms with Crippen molar-refractivity contribution in [3.63, 3.8) is 0 Å². The molecule has 2 aromatic rings. The fourth-order valence-corrected chi connectivity index (χ4v) is 4.37. The van der Waals surface area contributed by atoms with Gasteiger partial charge in [-0.2, -0.15) is 4.98 Å². The lowest BCUT2D eigenvalue weighted by atomic mass is 9.87. The van der Waals surface area contributed by atoms with E-state index in [1.54, 1.807) is 0 Å². The van der Waals surface area contributed by atoms with Crippen LogP contribution in [-0.4, -0.2) is 23.2 Å². The van der Waals surface area contributed by atoms with Crippen LogP contribution in [0.2, 0.25) is 0 Å². The average molecular weight is 289 g/mol. The van der Waals surface area contributed by atoms with E-state index in [1.807, 2.05) is 11.3 Å². The third kappa shape index (κ3) is 2.19. The van der Waals surface area contributed by atoms with Gasteiger partial charge in [-0.3, -0.25) is 0 Å². The Hall–Kier alpha value is -1.20. The lowest BCUT2D eigenvalue weighted by molar-refractivity contribution is 0.343. The van der Waals surface area contributed by atoms with Crippen molar-refractivity contribution in [2.75, 3.05) is 13.1 Å². The molecule has 3 heterocycles. The Bertz CT molecular complexity index is 585. The van der Waals surface area contributed by atoms with Gasteiger partial charge in [0.15, 0.2) is 5.82 Å². The molecule has 1 fully saturated rings. The summed E-state index contributed by atoms with van der Waals surface area (Å²) in [6.07, 6.45) is 5.81. The monoisotopic (exact) mass is 289 g/mol. The minimum absolute atomic E-state index is 0.327. The van der Waals surface area contributed by atoms with Crippen molar-refractivity contribution in [2.45, 2.75) is 43.9 Å². The number of thiophene rings is 1. The molecular formula is C15H19N3OS. The van der Waals surface area contributed by atoms with Crippen LogP contribution in [0.5, 0.6) is 0 Å². The standard InChI is InChI=1S/C15H19N3OS/c1-2-12(11-6-9-20-13(11)3-1)15-17-14(18-19-15)10-4-7-16-8-5-10/h6,9-10,12,16H,1-5,7-8H2. The molecule has 0 amide bonds. The summed E-state index contributed by atoms with van der Waals surface area (Å²) in [5, 5.41) is 9.83. The molecule has 106 valence electrons. The number of aromatic nitrogens is 2. The first-order valence-corrected chi connectivity index (χ1v) is 8.40. The number of aryl methyl sites for hydroxylation is 1. The van der Waals surface area contributed by atoms with Crippen LogP contribution >= 0.6 is 11.3 Å². The lowest BCUT2D eigenvalue weighted by Crippen LogP contribution is -2.27. The normalized spacial score (nSPS) is 23.7. The lowest BCUT2D eigenvalue weighted by Gasteiger charge is -2.20. The number of piperidine rings is 1. The molecular weight excluding hydrogens is 270 g/mol. The van der Waals surface area contributed by atoms with E-state index >= 15 is 0 Å². The van der Waals surface area contributed by atoms with Crippen LogP contribution in [0.1, 0.15) is 59.7 Å². The van der Waals surface area contributed by atoms with Gasteiger partial charge in [0.2, 0.25) is 5.89 Å². The first-order chi connectivity index (χ1) is 9.92. The highest BCUT2D eigenvalue weighted by Crippen LogP contribution is 2.39. The number of fused-ring (bicyclic) bond motifs is 1. The Labute approximate surface area is 122 Å². The molecule has 20 heavy (non-hydrogen) atoms. The van der Waals surface area contributed by atoms with Crippen LogP contribution in [0, 0.1) is 0 Å². The number of hydrogen-bond acceptors (Lipinski definition) is 5. The third-order valence-corrected chi connectivity index (χ3v) is 5.51. The van der Waals surface area contributed by atoms with Gasteiger partial charge >= 0.3 is 0 Å². The molecule has 1 atom stereocenters. The van der Waals surface area contributed by atoms with E-state index in [0.29, 0.717) is 11.8 Å². The van der Waals surface area contributed by atoms with Crippen molar-refractivity contribution in [1.82, 2.24) is 15.5 Å². The molecule has 0 saturated carbocycles. The Kier molecular flexibility index (Phi) is 3.32. The second-order valence-corrected chi connectivity index (χ2v) is 6.76. The van der Waals surface area contributed by atoms with Crippen LogP contribution in [0.3, 0.4) is 0 Å². The highest BCUT2D eigenvalue weighted by atomic mass is 32.1. The van der Waals surface area contributed by atoms with Gasteiger partial charge in [0, 0.05) is 10.8 Å². The van der Waals surface area contributed by atoms with Crippen molar-refractivity contribution >= 4 is 11.3 Å². The van der Waals surface area contributed by atoms with Crippen molar-refractivity contribution in [3.8, 4) is 0 Å². The second kappa shape index (κ2) is 5.30. The summed E-state index contributed by atoms with van der Waals surface area (Å²) in [5.74, 6) is 2.55. The van der Waals surface area contributed by atoms with E-state index in [9.17, 15) is 0 Å². The predicted molar refractivity (Wildman–Crippen MR) is 78.2 cm³/mol. The smallest absolute Gasteiger partial charge is 0.234 e. The summed E-state index contributed by atoms with van der Waals surface area (Å²) in [5.41, 5.74) is 1.42. The van der Waals surface area contributed by atoms with Gasteiger partial charge in [-0.15, -0.1) is 11.3 Å². The Morgan fingerprint density at radius 2 is 2.15 bits per heavy atom. The van der Waals surface area contributed by atoms with Gasteiger partial charge < -0.3 is 9.84 Å². The van der Waals surface area contributed by atoms with Crippen LogP contribution in [0.15, 0.2) is 16.0 Å². The molecule has 1 unspecified atom stereocenters. The first kappa shape index (κ1) is 12.5. The molecule has 0 bridgehead atoms. The van der Waals surface area contributed by atoms with Crippen molar-refractivity contribution in [2.24, 2.45) is 0 Å². The predicted octanol–water partition coefficient (Wildman–Crippen LogP) is 3.07. The quantitative estimate of drug-likeness (QED) is 0.923. The number of nitrogens with zero attached hydrogens (tertiary/aromatic N) is 2. The highest BCUT2D eigenvalue weighted by molar-refractivity contribution is 7.10. The molecule has 1 N–H and O–H groups in total. The van der Waals surface area contributed by atoms with E-state index in [1.165, 1.54) is 23.3 Å². The van der Waals surface area contributed by atoms with Crippen molar-refractivity contribution in [1.29, 1.82) is 0 Å². The Balaban J connectivity index is 1.60. The van der Waals surface area contributed by atoms with Crippen LogP contribution in [0.4, 0.5) is 0 Å². The maximum absolute atomic E-state index is 5.61. The van der Waals surface area contributed by atoms with E-state index in [0.717, 1.165) is 44.1 Å². The first-order valence-electron chi connectivity index (χ1n) is 7.52. The maximum Gasteiger partial charge on any atom is 0.234 e.